The summed E-state index contributed by atoms with van der Waals surface area (Å²) in [6.07, 6.45) is 0.307. The topological polar surface area (TPSA) is 157 Å². The Balaban J connectivity index is 2.12. The maximum Gasteiger partial charge on any atom is 0.277 e. The number of nitro groups is 2. The van der Waals surface area contributed by atoms with E-state index in [1.165, 1.54) is 0 Å². The third-order valence-electron chi connectivity index (χ3n) is 3.54. The lowest BCUT2D eigenvalue weighted by molar-refractivity contribution is -0.394. The number of carbonyl (C=O) groups is 2. The predicted octanol–water partition coefficient (Wildman–Crippen LogP) is 2.98. The van der Waals surface area contributed by atoms with E-state index in [4.69, 9.17) is 12.2 Å². The summed E-state index contributed by atoms with van der Waals surface area (Å²) >= 11 is 5.04. The zero-order valence-corrected chi connectivity index (χ0v) is 15.8. The van der Waals surface area contributed by atoms with Crippen LogP contribution in [0.4, 0.5) is 22.7 Å². The first-order valence-corrected chi connectivity index (χ1v) is 8.56. The molecule has 0 fully saturated rings. The van der Waals surface area contributed by atoms with E-state index in [2.05, 4.69) is 16.0 Å². The Bertz CT molecular complexity index is 977. The molecule has 0 atom stereocenters. The first kappa shape index (κ1) is 21.4. The summed E-state index contributed by atoms with van der Waals surface area (Å²) in [6.45, 7) is 1.71. The molecule has 11 nitrogen and oxygen atoms in total. The van der Waals surface area contributed by atoms with Gasteiger partial charge in [0.05, 0.1) is 21.5 Å². The number of anilines is 2. The number of benzene rings is 2. The van der Waals surface area contributed by atoms with Crippen molar-refractivity contribution in [2.75, 3.05) is 10.6 Å². The van der Waals surface area contributed by atoms with Crippen molar-refractivity contribution in [3.63, 3.8) is 0 Å². The van der Waals surface area contributed by atoms with Crippen molar-refractivity contribution in [3.05, 3.63) is 68.3 Å². The van der Waals surface area contributed by atoms with Gasteiger partial charge in [-0.3, -0.25) is 35.1 Å². The average molecular weight is 417 g/mol. The van der Waals surface area contributed by atoms with Crippen molar-refractivity contribution in [2.45, 2.75) is 13.3 Å². The molecular weight excluding hydrogens is 402 g/mol. The van der Waals surface area contributed by atoms with Crippen LogP contribution in [0.25, 0.3) is 0 Å². The summed E-state index contributed by atoms with van der Waals surface area (Å²) in [5.74, 6) is -1.03. The Hall–Kier alpha value is -3.93. The zero-order chi connectivity index (χ0) is 21.6. The molecule has 150 valence electrons. The summed E-state index contributed by atoms with van der Waals surface area (Å²) in [5, 5.41) is 29.4. The van der Waals surface area contributed by atoms with Crippen molar-refractivity contribution >= 4 is 51.9 Å². The number of carbonyl (C=O) groups excluding carboxylic acids is 2. The van der Waals surface area contributed by atoms with Gasteiger partial charge in [-0.15, -0.1) is 0 Å². The summed E-state index contributed by atoms with van der Waals surface area (Å²) in [6, 6.07) is 9.12. The number of nitro benzene ring substituents is 2. The SMILES string of the molecule is CCC(=O)Nc1cccc(NC(=S)NC(=O)c2cc([N+](=O)[O-])cc([N+](=O)[O-])c2)c1. The largest absolute Gasteiger partial charge is 0.332 e. The average Bonchev–Trinajstić information content (AvgIpc) is 2.67. The van der Waals surface area contributed by atoms with Gasteiger partial charge in [-0.05, 0) is 30.4 Å². The minimum atomic E-state index is -0.857. The van der Waals surface area contributed by atoms with Crippen LogP contribution >= 0.6 is 12.2 Å². The molecule has 2 rings (SSSR count). The molecule has 0 aliphatic rings. The molecule has 0 unspecified atom stereocenters. The van der Waals surface area contributed by atoms with E-state index in [9.17, 15) is 29.8 Å². The second-order valence-electron chi connectivity index (χ2n) is 5.64. The van der Waals surface area contributed by atoms with Gasteiger partial charge in [0.2, 0.25) is 5.91 Å². The summed E-state index contributed by atoms with van der Waals surface area (Å²) < 4.78 is 0. The van der Waals surface area contributed by atoms with E-state index in [1.54, 1.807) is 31.2 Å². The molecule has 2 amide bonds. The van der Waals surface area contributed by atoms with Gasteiger partial charge in [0.1, 0.15) is 0 Å². The van der Waals surface area contributed by atoms with E-state index in [-0.39, 0.29) is 16.6 Å². The zero-order valence-electron chi connectivity index (χ0n) is 15.0. The van der Waals surface area contributed by atoms with Crippen molar-refractivity contribution in [1.82, 2.24) is 5.32 Å². The molecule has 0 heterocycles. The lowest BCUT2D eigenvalue weighted by atomic mass is 10.1. The maximum atomic E-state index is 12.3. The van der Waals surface area contributed by atoms with Gasteiger partial charge in [0, 0.05) is 29.9 Å². The molecular formula is C17H15N5O6S. The fraction of sp³-hybridized carbons (Fsp3) is 0.118. The van der Waals surface area contributed by atoms with Gasteiger partial charge in [0.25, 0.3) is 17.3 Å². The van der Waals surface area contributed by atoms with Gasteiger partial charge in [-0.25, -0.2) is 0 Å². The molecule has 0 aliphatic carbocycles. The molecule has 2 aromatic carbocycles. The molecule has 0 bridgehead atoms. The summed E-state index contributed by atoms with van der Waals surface area (Å²) in [5.41, 5.74) is -0.497. The van der Waals surface area contributed by atoms with E-state index in [0.29, 0.717) is 17.8 Å². The van der Waals surface area contributed by atoms with E-state index in [0.717, 1.165) is 18.2 Å². The van der Waals surface area contributed by atoms with Crippen molar-refractivity contribution in [3.8, 4) is 0 Å². The van der Waals surface area contributed by atoms with E-state index >= 15 is 0 Å². The number of non-ortho nitro benzene ring substituents is 2. The minimum Gasteiger partial charge on any atom is -0.332 e. The highest BCUT2D eigenvalue weighted by molar-refractivity contribution is 7.80. The number of hydrogen-bond acceptors (Lipinski definition) is 7. The Kier molecular flexibility index (Phi) is 6.87. The van der Waals surface area contributed by atoms with Crippen LogP contribution in [-0.2, 0) is 4.79 Å². The Morgan fingerprint density at radius 1 is 0.966 bits per heavy atom. The third-order valence-corrected chi connectivity index (χ3v) is 3.74. The highest BCUT2D eigenvalue weighted by Crippen LogP contribution is 2.22. The number of thiocarbonyl (C=S) groups is 1. The fourth-order valence-corrected chi connectivity index (χ4v) is 2.41. The molecule has 0 saturated carbocycles. The van der Waals surface area contributed by atoms with Gasteiger partial charge in [-0.2, -0.15) is 0 Å². The minimum absolute atomic E-state index is 0.136. The summed E-state index contributed by atoms with van der Waals surface area (Å²) in [7, 11) is 0. The van der Waals surface area contributed by atoms with Crippen LogP contribution in [0.3, 0.4) is 0 Å². The van der Waals surface area contributed by atoms with Crippen LogP contribution < -0.4 is 16.0 Å². The van der Waals surface area contributed by atoms with Gasteiger partial charge in [0.15, 0.2) is 5.11 Å². The monoisotopic (exact) mass is 417 g/mol. The number of rotatable bonds is 6. The van der Waals surface area contributed by atoms with Gasteiger partial charge >= 0.3 is 0 Å². The van der Waals surface area contributed by atoms with Crippen LogP contribution in [0.15, 0.2) is 42.5 Å². The highest BCUT2D eigenvalue weighted by Gasteiger charge is 2.20. The Morgan fingerprint density at radius 2 is 1.52 bits per heavy atom. The van der Waals surface area contributed by atoms with Crippen LogP contribution in [0.2, 0.25) is 0 Å². The first-order chi connectivity index (χ1) is 13.7. The molecule has 0 aromatic heterocycles. The number of nitrogens with one attached hydrogen (secondary N) is 3. The highest BCUT2D eigenvalue weighted by atomic mass is 32.1. The number of hydrogen-bond donors (Lipinski definition) is 3. The van der Waals surface area contributed by atoms with Gasteiger partial charge in [-0.1, -0.05) is 13.0 Å². The van der Waals surface area contributed by atoms with Gasteiger partial charge < -0.3 is 10.6 Å². The quantitative estimate of drug-likeness (QED) is 0.368. The second kappa shape index (κ2) is 9.32. The molecule has 29 heavy (non-hydrogen) atoms. The van der Waals surface area contributed by atoms with Crippen molar-refractivity contribution in [1.29, 1.82) is 0 Å². The Morgan fingerprint density at radius 3 is 2.03 bits per heavy atom. The van der Waals surface area contributed by atoms with Crippen LogP contribution in [0.5, 0.6) is 0 Å². The molecule has 0 saturated heterocycles. The normalized spacial score (nSPS) is 9.97. The van der Waals surface area contributed by atoms with E-state index < -0.39 is 27.1 Å². The van der Waals surface area contributed by atoms with Crippen molar-refractivity contribution < 1.29 is 19.4 Å². The van der Waals surface area contributed by atoms with E-state index in [1.807, 2.05) is 0 Å². The summed E-state index contributed by atoms with van der Waals surface area (Å²) in [4.78, 5) is 43.9. The molecule has 3 N–H and O–H groups in total. The lowest BCUT2D eigenvalue weighted by Gasteiger charge is -2.11. The molecule has 0 aliphatic heterocycles. The van der Waals surface area contributed by atoms with Crippen LogP contribution in [0, 0.1) is 20.2 Å². The molecule has 2 aromatic rings. The number of amides is 2. The van der Waals surface area contributed by atoms with Crippen LogP contribution in [-0.4, -0.2) is 26.8 Å². The standard InChI is InChI=1S/C17H15N5O6S/c1-2-15(23)18-11-4-3-5-12(8-11)19-17(29)20-16(24)10-6-13(21(25)26)9-14(7-10)22(27)28/h3-9H,2H2,1H3,(H,18,23)(H2,19,20,24,29). The molecule has 12 heteroatoms. The number of nitrogens with zero attached hydrogens (tertiary/aromatic N) is 2. The lowest BCUT2D eigenvalue weighted by Crippen LogP contribution is -2.34. The van der Waals surface area contributed by atoms with Crippen LogP contribution in [0.1, 0.15) is 23.7 Å². The Labute approximate surface area is 169 Å². The fourth-order valence-electron chi connectivity index (χ4n) is 2.20. The molecule has 0 radical (unpaired) electrons. The van der Waals surface area contributed by atoms with Crippen molar-refractivity contribution in [2.24, 2.45) is 0 Å². The predicted molar refractivity (Wildman–Crippen MR) is 109 cm³/mol. The third kappa shape index (κ3) is 6.04. The second-order valence-corrected chi connectivity index (χ2v) is 6.05. The maximum absolute atomic E-state index is 12.3. The molecule has 0 spiro atoms. The first-order valence-electron chi connectivity index (χ1n) is 8.15. The smallest absolute Gasteiger partial charge is 0.277 e.